The van der Waals surface area contributed by atoms with E-state index < -0.39 is 32.3 Å². The van der Waals surface area contributed by atoms with Crippen molar-refractivity contribution in [1.82, 2.24) is 0 Å². The van der Waals surface area contributed by atoms with Crippen molar-refractivity contribution in [3.63, 3.8) is 0 Å². The van der Waals surface area contributed by atoms with E-state index >= 15 is 0 Å². The molecule has 1 aliphatic carbocycles. The van der Waals surface area contributed by atoms with Crippen molar-refractivity contribution in [2.75, 3.05) is 0 Å². The first-order valence-electron chi connectivity index (χ1n) is 8.42. The summed E-state index contributed by atoms with van der Waals surface area (Å²) in [6.07, 6.45) is 0. The van der Waals surface area contributed by atoms with Crippen LogP contribution < -0.4 is 0 Å². The van der Waals surface area contributed by atoms with Crippen LogP contribution in [0, 0.1) is 0 Å². The van der Waals surface area contributed by atoms with Crippen LogP contribution in [0.1, 0.15) is 0 Å². The zero-order valence-electron chi connectivity index (χ0n) is 16.9. The van der Waals surface area contributed by atoms with Crippen molar-refractivity contribution < 1.29 is 4.79 Å². The Bertz CT molecular complexity index is 533. The highest BCUT2D eigenvalue weighted by Gasteiger charge is 2.73. The van der Waals surface area contributed by atoms with Gasteiger partial charge < -0.3 is 5.53 Å². The Kier molecular flexibility index (Phi) is 4.77. The predicted octanol–water partition coefficient (Wildman–Crippen LogP) is 5.68. The molecule has 0 atom stereocenters. The second-order valence-corrected chi connectivity index (χ2v) is 31.2. The lowest BCUT2D eigenvalue weighted by atomic mass is 10.4. The predicted molar refractivity (Wildman–Crippen MR) is 112 cm³/mol. The fourth-order valence-corrected chi connectivity index (χ4v) is 22.5. The summed E-state index contributed by atoms with van der Waals surface area (Å²) in [5.74, 6) is 0. The third kappa shape index (κ3) is 3.00. The molecular weight excluding hydrogens is 333 g/mol. The number of hydrogen-bond acceptors (Lipinski definition) is 0. The van der Waals surface area contributed by atoms with Crippen molar-refractivity contribution in [3.8, 4) is 0 Å². The lowest BCUT2D eigenvalue weighted by molar-refractivity contribution is -0.00458. The molecule has 0 aliphatic heterocycles. The Morgan fingerprint density at radius 3 is 1.18 bits per heavy atom. The lowest BCUT2D eigenvalue weighted by Gasteiger charge is -2.37. The van der Waals surface area contributed by atoms with Crippen LogP contribution in [0.5, 0.6) is 0 Å². The van der Waals surface area contributed by atoms with Gasteiger partial charge in [-0.1, -0.05) is 89.0 Å². The van der Waals surface area contributed by atoms with Gasteiger partial charge >= 0.3 is 0 Å². The van der Waals surface area contributed by atoms with Gasteiger partial charge in [0.2, 0.25) is 5.33 Å². The Morgan fingerprint density at radius 1 is 0.727 bits per heavy atom. The second-order valence-electron chi connectivity index (χ2n) is 10.9. The van der Waals surface area contributed by atoms with Crippen LogP contribution in [0.4, 0.5) is 0 Å². The molecule has 0 fully saturated rings. The molecule has 1 rings (SSSR count). The molecule has 0 radical (unpaired) electrons. The molecule has 0 saturated heterocycles. The fourth-order valence-electron chi connectivity index (χ4n) is 4.29. The number of rotatable bonds is 5. The van der Waals surface area contributed by atoms with Crippen LogP contribution in [-0.2, 0) is 0 Å². The Morgan fingerprint density at radius 2 is 1.05 bits per heavy atom. The van der Waals surface area contributed by atoms with E-state index in [1.807, 2.05) is 0 Å². The molecule has 2 nitrogen and oxygen atoms in total. The first-order chi connectivity index (χ1) is 9.43. The molecule has 0 spiro atoms. The standard InChI is InChI=1S/C16H36N2Si4/c1-19(2,3)13-14(20(4,5)6)16(13,22(10,11)12)15(18-17)21(7,8)9/h1-12H3. The second kappa shape index (κ2) is 5.24. The number of allylic oxidation sites excluding steroid dienone is 2. The minimum Gasteiger partial charge on any atom is -0.362 e. The molecule has 0 bridgehead atoms. The monoisotopic (exact) mass is 368 g/mol. The molecule has 0 aromatic carbocycles. The number of nitrogens with zero attached hydrogens (tertiary/aromatic N) is 2. The highest BCUT2D eigenvalue weighted by Crippen LogP contribution is 2.72. The van der Waals surface area contributed by atoms with E-state index in [0.717, 1.165) is 0 Å². The van der Waals surface area contributed by atoms with Crippen LogP contribution in [0.15, 0.2) is 10.4 Å². The van der Waals surface area contributed by atoms with Gasteiger partial charge in [0.05, 0.1) is 29.3 Å². The van der Waals surface area contributed by atoms with Crippen molar-refractivity contribution in [3.05, 3.63) is 15.9 Å². The molecule has 0 amide bonds. The third-order valence-corrected chi connectivity index (χ3v) is 14.9. The Balaban J connectivity index is 3.79. The molecule has 0 heterocycles. The summed E-state index contributed by atoms with van der Waals surface area (Å²) >= 11 is 0. The van der Waals surface area contributed by atoms with Gasteiger partial charge in [0.1, 0.15) is 0 Å². The van der Waals surface area contributed by atoms with Crippen LogP contribution in [-0.4, -0.2) is 42.4 Å². The van der Waals surface area contributed by atoms with E-state index in [2.05, 4.69) is 83.4 Å². The van der Waals surface area contributed by atoms with Gasteiger partial charge in [0.15, 0.2) is 8.07 Å². The number of hydrogen-bond donors (Lipinski definition) is 0. The van der Waals surface area contributed by atoms with Gasteiger partial charge in [-0.15, -0.1) is 0 Å². The minimum absolute atomic E-state index is 0.0984. The molecule has 0 aromatic heterocycles. The summed E-state index contributed by atoms with van der Waals surface area (Å²) in [4.78, 5) is 4.00. The highest BCUT2D eigenvalue weighted by atomic mass is 28.3. The fraction of sp³-hybridized carbons (Fsp3) is 0.812. The molecule has 0 N–H and O–H groups in total. The SMILES string of the molecule is C[Si](C)(C)C(=[N+]=[N-])C1([Si](C)(C)C)C([Si](C)(C)C)=C1[Si](C)(C)C. The van der Waals surface area contributed by atoms with Gasteiger partial charge in [0.25, 0.3) is 0 Å². The molecule has 22 heavy (non-hydrogen) atoms. The van der Waals surface area contributed by atoms with Crippen LogP contribution >= 0.6 is 0 Å². The van der Waals surface area contributed by atoms with E-state index in [9.17, 15) is 5.53 Å². The molecular formula is C16H36N2Si4. The Hall–Kier alpha value is -0.0125. The summed E-state index contributed by atoms with van der Waals surface area (Å²) in [6, 6.07) is 0. The molecule has 0 aromatic rings. The maximum atomic E-state index is 10.0. The zero-order chi connectivity index (χ0) is 17.9. The topological polar surface area (TPSA) is 36.4 Å². The first kappa shape index (κ1) is 20.0. The smallest absolute Gasteiger partial charge is 0.247 e. The van der Waals surface area contributed by atoms with Gasteiger partial charge in [-0.05, 0) is 0 Å². The summed E-state index contributed by atoms with van der Waals surface area (Å²) in [5.41, 5.74) is 10.0. The van der Waals surface area contributed by atoms with Crippen molar-refractivity contribution in [2.45, 2.75) is 83.6 Å². The molecule has 1 aliphatic rings. The summed E-state index contributed by atoms with van der Waals surface area (Å²) < 4.78 is 0. The average Bonchev–Trinajstić information content (AvgIpc) is 2.85. The molecule has 0 saturated carbocycles. The Labute approximate surface area is 142 Å². The van der Waals surface area contributed by atoms with Gasteiger partial charge in [-0.3, -0.25) is 0 Å². The summed E-state index contributed by atoms with van der Waals surface area (Å²) in [6.45, 7) is 29.3. The maximum absolute atomic E-state index is 10.0. The van der Waals surface area contributed by atoms with Crippen LogP contribution in [0.3, 0.4) is 0 Å². The van der Waals surface area contributed by atoms with E-state index in [0.29, 0.717) is 0 Å². The lowest BCUT2D eigenvalue weighted by Crippen LogP contribution is -2.52. The minimum atomic E-state index is -1.67. The van der Waals surface area contributed by atoms with E-state index in [1.165, 1.54) is 5.33 Å². The summed E-state index contributed by atoms with van der Waals surface area (Å²) in [7, 11) is -6.09. The van der Waals surface area contributed by atoms with Crippen molar-refractivity contribution in [1.29, 1.82) is 0 Å². The molecule has 6 heteroatoms. The normalized spacial score (nSPS) is 19.1. The van der Waals surface area contributed by atoms with E-state index in [4.69, 9.17) is 0 Å². The van der Waals surface area contributed by atoms with Gasteiger partial charge in [-0.25, -0.2) is 0 Å². The largest absolute Gasteiger partial charge is 0.362 e. The van der Waals surface area contributed by atoms with Crippen molar-refractivity contribution in [2.24, 2.45) is 0 Å². The maximum Gasteiger partial charge on any atom is 0.247 e. The quantitative estimate of drug-likeness (QED) is 0.259. The summed E-state index contributed by atoms with van der Waals surface area (Å²) in [5, 5.41) is 4.79. The zero-order valence-corrected chi connectivity index (χ0v) is 20.9. The third-order valence-electron chi connectivity index (χ3n) is 4.73. The van der Waals surface area contributed by atoms with E-state index in [1.54, 1.807) is 10.4 Å². The van der Waals surface area contributed by atoms with E-state index in [-0.39, 0.29) is 5.04 Å². The highest BCUT2D eigenvalue weighted by molar-refractivity contribution is 7.14. The van der Waals surface area contributed by atoms with Gasteiger partial charge in [0, 0.05) is 0 Å². The van der Waals surface area contributed by atoms with Crippen LogP contribution in [0.2, 0.25) is 83.6 Å². The average molecular weight is 369 g/mol. The van der Waals surface area contributed by atoms with Crippen LogP contribution in [0.25, 0.3) is 5.53 Å². The molecule has 126 valence electrons. The van der Waals surface area contributed by atoms with Gasteiger partial charge in [-0.2, -0.15) is 4.79 Å². The molecule has 0 unspecified atom stereocenters. The van der Waals surface area contributed by atoms with Crippen molar-refractivity contribution >= 4 is 37.6 Å². The first-order valence-corrected chi connectivity index (χ1v) is 22.4.